The monoisotopic (exact) mass is 366 g/mol. The van der Waals surface area contributed by atoms with E-state index in [9.17, 15) is 33.4 Å². The Labute approximate surface area is 143 Å². The van der Waals surface area contributed by atoms with Crippen molar-refractivity contribution >= 4 is 17.1 Å². The molecule has 0 aliphatic carbocycles. The van der Waals surface area contributed by atoms with Gasteiger partial charge >= 0.3 is 17.6 Å². The predicted molar refractivity (Wildman–Crippen MR) is 83.9 cm³/mol. The summed E-state index contributed by atoms with van der Waals surface area (Å²) in [6.07, 6.45) is -6.19. The molecule has 2 aromatic rings. The van der Waals surface area contributed by atoms with Crippen LogP contribution in [0.3, 0.4) is 0 Å². The molecule has 0 saturated carbocycles. The van der Waals surface area contributed by atoms with E-state index in [1.54, 1.807) is 0 Å². The summed E-state index contributed by atoms with van der Waals surface area (Å²) in [5, 5.41) is 31.5. The SMILES string of the molecule is N#CCc1c([N+](=O)[O-])c(N)c([N+](=O)[O-])c(-c2ccccc2)c1C(F)(F)F. The molecule has 0 spiro atoms. The first-order valence-electron chi connectivity index (χ1n) is 6.87. The number of halogens is 3. The third-order valence-corrected chi connectivity index (χ3v) is 3.55. The molecule has 2 rings (SSSR count). The molecule has 26 heavy (non-hydrogen) atoms. The Morgan fingerprint density at radius 1 is 1.08 bits per heavy atom. The lowest BCUT2D eigenvalue weighted by atomic mass is 9.89. The molecule has 0 saturated heterocycles. The normalized spacial score (nSPS) is 11.0. The molecule has 0 heterocycles. The van der Waals surface area contributed by atoms with Crippen LogP contribution in [0.2, 0.25) is 0 Å². The van der Waals surface area contributed by atoms with E-state index in [2.05, 4.69) is 0 Å². The highest BCUT2D eigenvalue weighted by Crippen LogP contribution is 2.51. The Morgan fingerprint density at radius 2 is 1.62 bits per heavy atom. The molecular weight excluding hydrogens is 357 g/mol. The van der Waals surface area contributed by atoms with Gasteiger partial charge in [-0.05, 0) is 5.56 Å². The van der Waals surface area contributed by atoms with E-state index >= 15 is 0 Å². The fourth-order valence-electron chi connectivity index (χ4n) is 2.65. The number of alkyl halides is 3. The minimum absolute atomic E-state index is 0.202. The van der Waals surface area contributed by atoms with Gasteiger partial charge in [-0.2, -0.15) is 18.4 Å². The van der Waals surface area contributed by atoms with Crippen LogP contribution < -0.4 is 5.73 Å². The second-order valence-electron chi connectivity index (χ2n) is 5.05. The molecule has 0 aromatic heterocycles. The highest BCUT2D eigenvalue weighted by Gasteiger charge is 2.46. The van der Waals surface area contributed by atoms with E-state index in [0.29, 0.717) is 0 Å². The molecule has 0 aliphatic heterocycles. The van der Waals surface area contributed by atoms with Gasteiger partial charge in [0.25, 0.3) is 0 Å². The number of hydrogen-bond donors (Lipinski definition) is 1. The summed E-state index contributed by atoms with van der Waals surface area (Å²) in [5.74, 6) is 0. The molecule has 0 atom stereocenters. The van der Waals surface area contributed by atoms with Gasteiger partial charge in [-0.1, -0.05) is 30.3 Å². The third-order valence-electron chi connectivity index (χ3n) is 3.55. The molecule has 0 bridgehead atoms. The van der Waals surface area contributed by atoms with Crippen LogP contribution in [0.1, 0.15) is 11.1 Å². The molecular formula is C15H9F3N4O4. The fourth-order valence-corrected chi connectivity index (χ4v) is 2.65. The molecule has 0 amide bonds. The first-order chi connectivity index (χ1) is 12.1. The quantitative estimate of drug-likeness (QED) is 0.496. The van der Waals surface area contributed by atoms with Crippen LogP contribution in [-0.2, 0) is 12.6 Å². The number of hydrogen-bond acceptors (Lipinski definition) is 6. The zero-order valence-corrected chi connectivity index (χ0v) is 12.8. The standard InChI is InChI=1S/C15H9F3N4O4/c16-15(17,18)11-9(6-7-19)13(21(23)24)12(20)14(22(25)26)10(11)8-4-2-1-3-5-8/h1-5H,6,20H2. The number of anilines is 1. The number of nitro groups is 2. The first-order valence-corrected chi connectivity index (χ1v) is 6.87. The number of benzene rings is 2. The summed E-state index contributed by atoms with van der Waals surface area (Å²) >= 11 is 0. The maximum atomic E-state index is 13.7. The number of nitro benzene ring substituents is 2. The van der Waals surface area contributed by atoms with E-state index in [1.165, 1.54) is 36.4 Å². The Balaban J connectivity index is 3.18. The first kappa shape index (κ1) is 18.7. The average molecular weight is 366 g/mol. The number of nitrogens with two attached hydrogens (primary N) is 1. The van der Waals surface area contributed by atoms with Crippen LogP contribution in [0.4, 0.5) is 30.2 Å². The molecule has 11 heteroatoms. The van der Waals surface area contributed by atoms with E-state index in [1.807, 2.05) is 0 Å². The minimum Gasteiger partial charge on any atom is -0.387 e. The van der Waals surface area contributed by atoms with Crippen molar-refractivity contribution in [2.45, 2.75) is 12.6 Å². The summed E-state index contributed by atoms with van der Waals surface area (Å²) in [4.78, 5) is 20.2. The highest BCUT2D eigenvalue weighted by atomic mass is 19.4. The van der Waals surface area contributed by atoms with Crippen LogP contribution in [-0.4, -0.2) is 9.85 Å². The molecule has 2 aromatic carbocycles. The van der Waals surface area contributed by atoms with Crippen molar-refractivity contribution in [1.29, 1.82) is 5.26 Å². The Bertz CT molecular complexity index is 937. The maximum absolute atomic E-state index is 13.7. The van der Waals surface area contributed by atoms with Gasteiger partial charge in [0.05, 0.1) is 39.0 Å². The summed E-state index contributed by atoms with van der Waals surface area (Å²) in [7, 11) is 0. The fraction of sp³-hybridized carbons (Fsp3) is 0.133. The lowest BCUT2D eigenvalue weighted by Crippen LogP contribution is -2.17. The van der Waals surface area contributed by atoms with Crippen molar-refractivity contribution < 1.29 is 23.0 Å². The van der Waals surface area contributed by atoms with Crippen molar-refractivity contribution in [2.75, 3.05) is 5.73 Å². The smallest absolute Gasteiger partial charge is 0.387 e. The third kappa shape index (κ3) is 3.12. The Kier molecular flexibility index (Phi) is 4.79. The second kappa shape index (κ2) is 6.67. The number of rotatable bonds is 4. The summed E-state index contributed by atoms with van der Waals surface area (Å²) < 4.78 is 41.2. The lowest BCUT2D eigenvalue weighted by Gasteiger charge is -2.18. The van der Waals surface area contributed by atoms with Gasteiger partial charge in [-0.15, -0.1) is 0 Å². The number of nitriles is 1. The van der Waals surface area contributed by atoms with Gasteiger partial charge < -0.3 is 5.73 Å². The van der Waals surface area contributed by atoms with Gasteiger partial charge in [-0.25, -0.2) is 0 Å². The van der Waals surface area contributed by atoms with Crippen LogP contribution in [0.25, 0.3) is 11.1 Å². The van der Waals surface area contributed by atoms with Gasteiger partial charge in [0.1, 0.15) is 0 Å². The maximum Gasteiger partial charge on any atom is 0.417 e. The zero-order valence-electron chi connectivity index (χ0n) is 12.8. The molecule has 8 nitrogen and oxygen atoms in total. The van der Waals surface area contributed by atoms with Crippen LogP contribution >= 0.6 is 0 Å². The lowest BCUT2D eigenvalue weighted by molar-refractivity contribution is -0.392. The predicted octanol–water partition coefficient (Wildman–Crippen LogP) is 3.84. The van der Waals surface area contributed by atoms with Gasteiger partial charge in [0.2, 0.25) is 0 Å². The van der Waals surface area contributed by atoms with Crippen molar-refractivity contribution in [1.82, 2.24) is 0 Å². The van der Waals surface area contributed by atoms with Crippen molar-refractivity contribution in [3.05, 3.63) is 61.7 Å². The molecule has 0 fully saturated rings. The minimum atomic E-state index is -5.19. The zero-order chi connectivity index (χ0) is 19.6. The largest absolute Gasteiger partial charge is 0.417 e. The Morgan fingerprint density at radius 3 is 2.04 bits per heavy atom. The van der Waals surface area contributed by atoms with E-state index in [4.69, 9.17) is 11.0 Å². The van der Waals surface area contributed by atoms with Gasteiger partial charge in [-0.3, -0.25) is 20.2 Å². The second-order valence-corrected chi connectivity index (χ2v) is 5.05. The van der Waals surface area contributed by atoms with Gasteiger partial charge in [0, 0.05) is 0 Å². The van der Waals surface area contributed by atoms with Crippen molar-refractivity contribution in [3.63, 3.8) is 0 Å². The topological polar surface area (TPSA) is 136 Å². The molecule has 0 radical (unpaired) electrons. The number of nitrogens with zero attached hydrogens (tertiary/aromatic N) is 3. The van der Waals surface area contributed by atoms with Crippen molar-refractivity contribution in [2.24, 2.45) is 0 Å². The summed E-state index contributed by atoms with van der Waals surface area (Å²) in [5.41, 5.74) is -1.76. The summed E-state index contributed by atoms with van der Waals surface area (Å²) in [6.45, 7) is 0. The summed E-state index contributed by atoms with van der Waals surface area (Å²) in [6, 6.07) is 7.95. The van der Waals surface area contributed by atoms with Crippen molar-refractivity contribution in [3.8, 4) is 17.2 Å². The molecule has 134 valence electrons. The van der Waals surface area contributed by atoms with E-state index in [0.717, 1.165) is 0 Å². The molecule has 0 aliphatic rings. The van der Waals surface area contributed by atoms with E-state index < -0.39 is 56.2 Å². The number of nitrogen functional groups attached to an aromatic ring is 1. The van der Waals surface area contributed by atoms with Crippen LogP contribution in [0.5, 0.6) is 0 Å². The Hall–Kier alpha value is -3.68. The van der Waals surface area contributed by atoms with Crippen LogP contribution in [0.15, 0.2) is 30.3 Å². The van der Waals surface area contributed by atoms with Gasteiger partial charge in [0.15, 0.2) is 5.69 Å². The average Bonchev–Trinajstić information content (AvgIpc) is 2.53. The highest BCUT2D eigenvalue weighted by molar-refractivity contribution is 5.91. The molecule has 2 N–H and O–H groups in total. The molecule has 0 unspecified atom stereocenters. The van der Waals surface area contributed by atoms with E-state index in [-0.39, 0.29) is 5.56 Å². The van der Waals surface area contributed by atoms with Crippen LogP contribution in [0, 0.1) is 31.6 Å².